The lowest BCUT2D eigenvalue weighted by Gasteiger charge is -2.12. The molecule has 0 unspecified atom stereocenters. The molecule has 0 aliphatic heterocycles. The van der Waals surface area contributed by atoms with Crippen LogP contribution in [-0.2, 0) is 0 Å². The van der Waals surface area contributed by atoms with E-state index in [1.54, 1.807) is 7.11 Å². The van der Waals surface area contributed by atoms with E-state index in [0.29, 0.717) is 29.2 Å². The molecule has 1 saturated carbocycles. The van der Waals surface area contributed by atoms with Gasteiger partial charge in [-0.1, -0.05) is 23.8 Å². The number of nitrogens with two attached hydrogens (primary N) is 1. The fourth-order valence-corrected chi connectivity index (χ4v) is 1.77. The van der Waals surface area contributed by atoms with Crippen molar-refractivity contribution in [3.63, 3.8) is 0 Å². The molecule has 1 aromatic rings. The van der Waals surface area contributed by atoms with Gasteiger partial charge in [-0.05, 0) is 30.5 Å². The molecule has 1 aliphatic rings. The first-order valence-electron chi connectivity index (χ1n) is 5.65. The highest BCUT2D eigenvalue weighted by molar-refractivity contribution is 6.32. The minimum Gasteiger partial charge on any atom is -0.493 e. The number of halogens is 1. The van der Waals surface area contributed by atoms with Crippen LogP contribution in [-0.4, -0.2) is 19.8 Å². The zero-order valence-corrected chi connectivity index (χ0v) is 10.5. The van der Waals surface area contributed by atoms with E-state index in [0.717, 1.165) is 18.4 Å². The Morgan fingerprint density at radius 3 is 2.82 bits per heavy atom. The first-order valence-corrected chi connectivity index (χ1v) is 6.03. The Morgan fingerprint density at radius 1 is 1.47 bits per heavy atom. The molecule has 0 heterocycles. The molecular formula is C13H16ClNO2. The maximum atomic E-state index is 6.19. The van der Waals surface area contributed by atoms with Crippen molar-refractivity contribution in [2.45, 2.75) is 18.9 Å². The summed E-state index contributed by atoms with van der Waals surface area (Å²) in [5.41, 5.74) is 6.37. The summed E-state index contributed by atoms with van der Waals surface area (Å²) < 4.78 is 11.0. The molecule has 4 heteroatoms. The zero-order chi connectivity index (χ0) is 12.3. The quantitative estimate of drug-likeness (QED) is 0.878. The van der Waals surface area contributed by atoms with E-state index in [-0.39, 0.29) is 0 Å². The summed E-state index contributed by atoms with van der Waals surface area (Å²) in [6, 6.07) is 3.75. The van der Waals surface area contributed by atoms with Gasteiger partial charge in [0.25, 0.3) is 0 Å². The lowest BCUT2D eigenvalue weighted by atomic mass is 10.2. The average Bonchev–Trinajstić information content (AvgIpc) is 3.13. The van der Waals surface area contributed by atoms with Crippen LogP contribution in [0, 0.1) is 0 Å². The van der Waals surface area contributed by atoms with Crippen molar-refractivity contribution in [2.24, 2.45) is 5.73 Å². The Labute approximate surface area is 106 Å². The summed E-state index contributed by atoms with van der Waals surface area (Å²) >= 11 is 6.19. The second kappa shape index (κ2) is 5.43. The molecule has 3 nitrogen and oxygen atoms in total. The van der Waals surface area contributed by atoms with Gasteiger partial charge in [0.05, 0.1) is 18.2 Å². The number of ether oxygens (including phenoxy) is 2. The molecule has 0 saturated heterocycles. The summed E-state index contributed by atoms with van der Waals surface area (Å²) in [4.78, 5) is 0. The fraction of sp³-hybridized carbons (Fsp3) is 0.385. The second-order valence-electron chi connectivity index (χ2n) is 3.99. The van der Waals surface area contributed by atoms with Gasteiger partial charge < -0.3 is 15.2 Å². The SMILES string of the molecule is COc1cc(/C=C/CN)cc(Cl)c1OC1CC1. The maximum absolute atomic E-state index is 6.19. The maximum Gasteiger partial charge on any atom is 0.180 e. The molecule has 1 fully saturated rings. The molecule has 17 heavy (non-hydrogen) atoms. The molecule has 1 aliphatic carbocycles. The topological polar surface area (TPSA) is 44.5 Å². The first-order chi connectivity index (χ1) is 8.24. The van der Waals surface area contributed by atoms with E-state index >= 15 is 0 Å². The zero-order valence-electron chi connectivity index (χ0n) is 9.78. The van der Waals surface area contributed by atoms with Gasteiger partial charge in [0.2, 0.25) is 0 Å². The van der Waals surface area contributed by atoms with E-state index in [2.05, 4.69) is 0 Å². The second-order valence-corrected chi connectivity index (χ2v) is 4.40. The Bertz CT molecular complexity index is 428. The molecule has 0 atom stereocenters. The van der Waals surface area contributed by atoms with Crippen LogP contribution in [0.4, 0.5) is 0 Å². The molecule has 1 aromatic carbocycles. The van der Waals surface area contributed by atoms with Crippen LogP contribution in [0.5, 0.6) is 11.5 Å². The Morgan fingerprint density at radius 2 is 2.24 bits per heavy atom. The Balaban J connectivity index is 2.28. The fourth-order valence-electron chi connectivity index (χ4n) is 1.51. The summed E-state index contributed by atoms with van der Waals surface area (Å²) in [6.45, 7) is 0.500. The first kappa shape index (κ1) is 12.3. The van der Waals surface area contributed by atoms with Gasteiger partial charge in [0.1, 0.15) is 0 Å². The van der Waals surface area contributed by atoms with Gasteiger partial charge in [-0.15, -0.1) is 0 Å². The molecule has 0 aromatic heterocycles. The van der Waals surface area contributed by atoms with Gasteiger partial charge in [-0.2, -0.15) is 0 Å². The van der Waals surface area contributed by atoms with Crippen LogP contribution in [0.1, 0.15) is 18.4 Å². The normalized spacial score (nSPS) is 15.2. The number of hydrogen-bond acceptors (Lipinski definition) is 3. The van der Waals surface area contributed by atoms with Crippen molar-refractivity contribution in [1.29, 1.82) is 0 Å². The number of rotatable bonds is 5. The Hall–Kier alpha value is -1.19. The van der Waals surface area contributed by atoms with Crippen LogP contribution in [0.3, 0.4) is 0 Å². The van der Waals surface area contributed by atoms with Gasteiger partial charge in [-0.25, -0.2) is 0 Å². The predicted octanol–water partition coefficient (Wildman–Crippen LogP) is 2.86. The number of hydrogen-bond donors (Lipinski definition) is 1. The summed E-state index contributed by atoms with van der Waals surface area (Å²) in [7, 11) is 1.61. The summed E-state index contributed by atoms with van der Waals surface area (Å²) in [5.74, 6) is 1.31. The highest BCUT2D eigenvalue weighted by Gasteiger charge is 2.26. The Kier molecular flexibility index (Phi) is 3.92. The predicted molar refractivity (Wildman–Crippen MR) is 69.7 cm³/mol. The van der Waals surface area contributed by atoms with Crippen molar-refractivity contribution in [3.05, 3.63) is 28.8 Å². The van der Waals surface area contributed by atoms with Crippen LogP contribution in [0.15, 0.2) is 18.2 Å². The summed E-state index contributed by atoms with van der Waals surface area (Å²) in [6.07, 6.45) is 6.26. The van der Waals surface area contributed by atoms with Crippen LogP contribution < -0.4 is 15.2 Å². The van der Waals surface area contributed by atoms with E-state index in [9.17, 15) is 0 Å². The summed E-state index contributed by atoms with van der Waals surface area (Å²) in [5, 5.41) is 0.577. The van der Waals surface area contributed by atoms with Crippen molar-refractivity contribution < 1.29 is 9.47 Å². The van der Waals surface area contributed by atoms with Crippen LogP contribution >= 0.6 is 11.6 Å². The molecule has 92 valence electrons. The standard InChI is InChI=1S/C13H16ClNO2/c1-16-12-8-9(3-2-6-15)7-11(14)13(12)17-10-4-5-10/h2-3,7-8,10H,4-6,15H2,1H3/b3-2+. The molecule has 0 amide bonds. The molecule has 0 spiro atoms. The third kappa shape index (κ3) is 3.14. The minimum absolute atomic E-state index is 0.298. The lowest BCUT2D eigenvalue weighted by Crippen LogP contribution is -2.00. The van der Waals surface area contributed by atoms with Gasteiger partial charge >= 0.3 is 0 Å². The van der Waals surface area contributed by atoms with Gasteiger partial charge in [0, 0.05) is 6.54 Å². The van der Waals surface area contributed by atoms with Gasteiger partial charge in [0.15, 0.2) is 11.5 Å². The van der Waals surface area contributed by atoms with E-state index in [1.807, 2.05) is 24.3 Å². The van der Waals surface area contributed by atoms with Crippen molar-refractivity contribution in [3.8, 4) is 11.5 Å². The van der Waals surface area contributed by atoms with Crippen LogP contribution in [0.25, 0.3) is 6.08 Å². The smallest absolute Gasteiger partial charge is 0.180 e. The van der Waals surface area contributed by atoms with Gasteiger partial charge in [-0.3, -0.25) is 0 Å². The van der Waals surface area contributed by atoms with Crippen molar-refractivity contribution >= 4 is 17.7 Å². The third-order valence-electron chi connectivity index (χ3n) is 2.51. The van der Waals surface area contributed by atoms with Crippen LogP contribution in [0.2, 0.25) is 5.02 Å². The van der Waals surface area contributed by atoms with E-state index < -0.39 is 0 Å². The third-order valence-corrected chi connectivity index (χ3v) is 2.79. The highest BCUT2D eigenvalue weighted by atomic mass is 35.5. The molecule has 0 radical (unpaired) electrons. The number of methoxy groups -OCH3 is 1. The molecular weight excluding hydrogens is 238 g/mol. The van der Waals surface area contributed by atoms with Crippen molar-refractivity contribution in [1.82, 2.24) is 0 Å². The van der Waals surface area contributed by atoms with E-state index in [1.165, 1.54) is 0 Å². The monoisotopic (exact) mass is 253 g/mol. The number of benzene rings is 1. The average molecular weight is 254 g/mol. The van der Waals surface area contributed by atoms with E-state index in [4.69, 9.17) is 26.8 Å². The molecule has 2 rings (SSSR count). The molecule has 2 N–H and O–H groups in total. The lowest BCUT2D eigenvalue weighted by molar-refractivity contribution is 0.282. The minimum atomic E-state index is 0.298. The van der Waals surface area contributed by atoms with Crippen molar-refractivity contribution in [2.75, 3.05) is 13.7 Å². The highest BCUT2D eigenvalue weighted by Crippen LogP contribution is 2.40. The molecule has 0 bridgehead atoms. The largest absolute Gasteiger partial charge is 0.493 e.